The number of halogens is 4. The molecule has 0 saturated heterocycles. The molecule has 0 fully saturated rings. The summed E-state index contributed by atoms with van der Waals surface area (Å²) in [6.45, 7) is 2.08. The lowest BCUT2D eigenvalue weighted by Gasteiger charge is -2.09. The summed E-state index contributed by atoms with van der Waals surface area (Å²) in [5.41, 5.74) is 2.22. The van der Waals surface area contributed by atoms with Gasteiger partial charge in [-0.25, -0.2) is 0 Å². The maximum absolute atomic E-state index is 11.9. The highest BCUT2D eigenvalue weighted by molar-refractivity contribution is 9.10. The van der Waals surface area contributed by atoms with Crippen LogP contribution in [0, 0.1) is 13.8 Å². The second-order valence-corrected chi connectivity index (χ2v) is 5.11. The molecule has 6 heteroatoms. The van der Waals surface area contributed by atoms with Crippen LogP contribution in [-0.4, -0.2) is 25.2 Å². The number of carbonyl (C=O) groups is 1. The number of hydrogen-bond acceptors (Lipinski definition) is 2. The van der Waals surface area contributed by atoms with Gasteiger partial charge in [0.2, 0.25) is 0 Å². The molecule has 0 aromatic heterocycles. The number of benzene rings is 1. The Morgan fingerprint density at radius 2 is 1.89 bits per heavy atom. The molecule has 0 bridgehead atoms. The third kappa shape index (κ3) is 5.32. The highest BCUT2D eigenvalue weighted by Crippen LogP contribution is 2.22. The van der Waals surface area contributed by atoms with E-state index >= 15 is 0 Å². The molecule has 1 aromatic rings. The highest BCUT2D eigenvalue weighted by atomic mass is 79.9. The Morgan fingerprint density at radius 3 is 2.47 bits per heavy atom. The molecule has 0 radical (unpaired) electrons. The van der Waals surface area contributed by atoms with Gasteiger partial charge in [0.1, 0.15) is 6.61 Å². The first-order valence-corrected chi connectivity index (χ1v) is 6.44. The first-order valence-electron chi connectivity index (χ1n) is 5.65. The molecular weight excluding hydrogens is 325 g/mol. The molecule has 1 aromatic carbocycles. The zero-order valence-electron chi connectivity index (χ0n) is 10.6. The summed E-state index contributed by atoms with van der Waals surface area (Å²) < 4.78 is 40.9. The van der Waals surface area contributed by atoms with E-state index in [2.05, 4.69) is 20.7 Å². The summed E-state index contributed by atoms with van der Waals surface area (Å²) in [7, 11) is 0. The fourth-order valence-corrected chi connectivity index (χ4v) is 2.03. The second kappa shape index (κ2) is 6.52. The Labute approximate surface area is 118 Å². The van der Waals surface area contributed by atoms with Crippen LogP contribution in [0.2, 0.25) is 0 Å². The van der Waals surface area contributed by atoms with E-state index in [1.807, 2.05) is 13.0 Å². The predicted molar refractivity (Wildman–Crippen MR) is 69.4 cm³/mol. The molecule has 0 aliphatic carbocycles. The van der Waals surface area contributed by atoms with Gasteiger partial charge in [0.05, 0.1) is 6.61 Å². The summed E-state index contributed by atoms with van der Waals surface area (Å²) in [6.07, 6.45) is -4.41. The quantitative estimate of drug-likeness (QED) is 0.593. The Hall–Kier alpha value is -0.880. The number of ether oxygens (including phenoxy) is 1. The number of carbonyl (C=O) groups excluding carboxylic acids is 1. The SMILES string of the molecule is Cc1cc(C(=O)CCOCC(F)(F)F)c(C)cc1Br. The van der Waals surface area contributed by atoms with E-state index in [1.165, 1.54) is 0 Å². The molecule has 0 aliphatic heterocycles. The van der Waals surface area contributed by atoms with Crippen LogP contribution in [0.25, 0.3) is 0 Å². The maximum Gasteiger partial charge on any atom is 0.411 e. The van der Waals surface area contributed by atoms with E-state index in [1.54, 1.807) is 13.0 Å². The topological polar surface area (TPSA) is 26.3 Å². The fourth-order valence-electron chi connectivity index (χ4n) is 1.57. The zero-order valence-corrected chi connectivity index (χ0v) is 12.2. The third-order valence-electron chi connectivity index (χ3n) is 2.55. The van der Waals surface area contributed by atoms with Crippen LogP contribution < -0.4 is 0 Å². The summed E-state index contributed by atoms with van der Waals surface area (Å²) in [4.78, 5) is 11.9. The number of Topliss-reactive ketones (excluding diaryl/α,β-unsaturated/α-hetero) is 1. The van der Waals surface area contributed by atoms with Gasteiger partial charge in [0, 0.05) is 16.5 Å². The molecule has 106 valence electrons. The van der Waals surface area contributed by atoms with Gasteiger partial charge in [0.25, 0.3) is 0 Å². The highest BCUT2D eigenvalue weighted by Gasteiger charge is 2.27. The fraction of sp³-hybridized carbons (Fsp3) is 0.462. The van der Waals surface area contributed by atoms with Crippen molar-refractivity contribution < 1.29 is 22.7 Å². The van der Waals surface area contributed by atoms with E-state index in [0.717, 1.165) is 15.6 Å². The van der Waals surface area contributed by atoms with Gasteiger partial charge >= 0.3 is 6.18 Å². The smallest absolute Gasteiger partial charge is 0.372 e. The van der Waals surface area contributed by atoms with Gasteiger partial charge in [-0.15, -0.1) is 0 Å². The molecule has 0 unspecified atom stereocenters. The van der Waals surface area contributed by atoms with Crippen LogP contribution in [0.5, 0.6) is 0 Å². The largest absolute Gasteiger partial charge is 0.411 e. The van der Waals surface area contributed by atoms with Crippen molar-refractivity contribution in [2.75, 3.05) is 13.2 Å². The standard InChI is InChI=1S/C13H14BrF3O2/c1-8-6-11(14)9(2)5-10(8)12(18)3-4-19-7-13(15,16)17/h5-6H,3-4,7H2,1-2H3. The molecule has 0 N–H and O–H groups in total. The lowest BCUT2D eigenvalue weighted by Crippen LogP contribution is -2.18. The minimum atomic E-state index is -4.35. The van der Waals surface area contributed by atoms with Crippen molar-refractivity contribution in [3.63, 3.8) is 0 Å². The molecule has 19 heavy (non-hydrogen) atoms. The lowest BCUT2D eigenvalue weighted by molar-refractivity contribution is -0.173. The summed E-state index contributed by atoms with van der Waals surface area (Å²) in [6, 6.07) is 3.55. The van der Waals surface area contributed by atoms with Crippen LogP contribution in [0.1, 0.15) is 27.9 Å². The molecule has 2 nitrogen and oxygen atoms in total. The van der Waals surface area contributed by atoms with Crippen molar-refractivity contribution >= 4 is 21.7 Å². The Morgan fingerprint density at radius 1 is 1.26 bits per heavy atom. The third-order valence-corrected chi connectivity index (χ3v) is 3.40. The minimum absolute atomic E-state index is 0.0575. The first kappa shape index (κ1) is 16.2. The second-order valence-electron chi connectivity index (χ2n) is 4.26. The molecule has 0 atom stereocenters. The zero-order chi connectivity index (χ0) is 14.6. The van der Waals surface area contributed by atoms with Crippen molar-refractivity contribution in [2.24, 2.45) is 0 Å². The van der Waals surface area contributed by atoms with Crippen molar-refractivity contribution in [2.45, 2.75) is 26.4 Å². The molecular formula is C13H14BrF3O2. The maximum atomic E-state index is 11.9. The van der Waals surface area contributed by atoms with Crippen molar-refractivity contribution in [3.05, 3.63) is 33.3 Å². The van der Waals surface area contributed by atoms with Crippen molar-refractivity contribution in [1.29, 1.82) is 0 Å². The average Bonchev–Trinajstić information content (AvgIpc) is 2.28. The average molecular weight is 339 g/mol. The van der Waals surface area contributed by atoms with Gasteiger partial charge in [-0.2, -0.15) is 13.2 Å². The number of ketones is 1. The Balaban J connectivity index is 2.57. The van der Waals surface area contributed by atoms with Gasteiger partial charge in [0.15, 0.2) is 5.78 Å². The number of aryl methyl sites for hydroxylation is 2. The van der Waals surface area contributed by atoms with E-state index in [9.17, 15) is 18.0 Å². The molecule has 0 saturated carbocycles. The van der Waals surface area contributed by atoms with E-state index < -0.39 is 12.8 Å². The Kier molecular flexibility index (Phi) is 5.55. The predicted octanol–water partition coefficient (Wildman–Crippen LogP) is 4.22. The minimum Gasteiger partial charge on any atom is -0.372 e. The van der Waals surface area contributed by atoms with E-state index in [4.69, 9.17) is 0 Å². The number of hydrogen-bond donors (Lipinski definition) is 0. The van der Waals surface area contributed by atoms with Crippen molar-refractivity contribution in [3.8, 4) is 0 Å². The van der Waals surface area contributed by atoms with Crippen LogP contribution in [0.15, 0.2) is 16.6 Å². The van der Waals surface area contributed by atoms with Crippen LogP contribution in [0.3, 0.4) is 0 Å². The molecule has 0 heterocycles. The van der Waals surface area contributed by atoms with E-state index in [-0.39, 0.29) is 18.8 Å². The Bertz CT molecular complexity index is 470. The summed E-state index contributed by atoms with van der Waals surface area (Å²) in [5.74, 6) is -0.213. The molecule has 0 aliphatic rings. The van der Waals surface area contributed by atoms with Crippen molar-refractivity contribution in [1.82, 2.24) is 0 Å². The molecule has 0 amide bonds. The summed E-state index contributed by atoms with van der Waals surface area (Å²) >= 11 is 3.35. The van der Waals surface area contributed by atoms with Gasteiger partial charge in [-0.05, 0) is 37.1 Å². The molecule has 0 spiro atoms. The van der Waals surface area contributed by atoms with Gasteiger partial charge < -0.3 is 4.74 Å². The summed E-state index contributed by atoms with van der Waals surface area (Å²) in [5, 5.41) is 0. The van der Waals surface area contributed by atoms with E-state index in [0.29, 0.717) is 5.56 Å². The van der Waals surface area contributed by atoms with Crippen LogP contribution in [-0.2, 0) is 4.74 Å². The normalized spacial score (nSPS) is 11.7. The number of rotatable bonds is 5. The molecule has 1 rings (SSSR count). The van der Waals surface area contributed by atoms with Gasteiger partial charge in [-0.3, -0.25) is 4.79 Å². The lowest BCUT2D eigenvalue weighted by atomic mass is 10.0. The van der Waals surface area contributed by atoms with Crippen LogP contribution in [0.4, 0.5) is 13.2 Å². The number of alkyl halides is 3. The monoisotopic (exact) mass is 338 g/mol. The first-order chi connectivity index (χ1) is 8.70. The van der Waals surface area contributed by atoms with Gasteiger partial charge in [-0.1, -0.05) is 15.9 Å². The van der Waals surface area contributed by atoms with Crippen LogP contribution >= 0.6 is 15.9 Å².